The average molecular weight is 238 g/mol. The lowest BCUT2D eigenvalue weighted by atomic mass is 10.4. The van der Waals surface area contributed by atoms with E-state index in [1.807, 2.05) is 6.92 Å². The molecule has 0 spiro atoms. The standard InChI is InChI=1S/C9H22N2O3S/c1-4-11(15(3,12)13)8-5-6-10-7-9-14-2/h10H,4-9H2,1-3H3. The molecule has 0 aliphatic heterocycles. The van der Waals surface area contributed by atoms with Crippen LogP contribution in [0, 0.1) is 0 Å². The van der Waals surface area contributed by atoms with Crippen LogP contribution in [0.4, 0.5) is 0 Å². The van der Waals surface area contributed by atoms with Crippen LogP contribution in [-0.2, 0) is 14.8 Å². The van der Waals surface area contributed by atoms with E-state index in [0.29, 0.717) is 19.7 Å². The Morgan fingerprint density at radius 1 is 1.33 bits per heavy atom. The first-order valence-corrected chi connectivity index (χ1v) is 7.02. The van der Waals surface area contributed by atoms with Crippen molar-refractivity contribution in [2.24, 2.45) is 0 Å². The van der Waals surface area contributed by atoms with Crippen LogP contribution in [0.2, 0.25) is 0 Å². The van der Waals surface area contributed by atoms with Crippen molar-refractivity contribution in [1.82, 2.24) is 9.62 Å². The number of sulfonamides is 1. The molecule has 0 atom stereocenters. The van der Waals surface area contributed by atoms with Crippen molar-refractivity contribution in [2.45, 2.75) is 13.3 Å². The fraction of sp³-hybridized carbons (Fsp3) is 1.00. The van der Waals surface area contributed by atoms with E-state index in [4.69, 9.17) is 4.74 Å². The van der Waals surface area contributed by atoms with Gasteiger partial charge in [0, 0.05) is 26.7 Å². The quantitative estimate of drug-likeness (QED) is 0.570. The monoisotopic (exact) mass is 238 g/mol. The summed E-state index contributed by atoms with van der Waals surface area (Å²) in [6.07, 6.45) is 2.07. The van der Waals surface area contributed by atoms with Crippen molar-refractivity contribution in [3.8, 4) is 0 Å². The molecular formula is C9H22N2O3S. The summed E-state index contributed by atoms with van der Waals surface area (Å²) in [6, 6.07) is 0. The highest BCUT2D eigenvalue weighted by molar-refractivity contribution is 7.88. The SMILES string of the molecule is CCN(CCCNCCOC)S(C)(=O)=O. The molecular weight excluding hydrogens is 216 g/mol. The minimum Gasteiger partial charge on any atom is -0.383 e. The molecule has 0 unspecified atom stereocenters. The Kier molecular flexibility index (Phi) is 7.95. The van der Waals surface area contributed by atoms with Crippen LogP contribution in [0.5, 0.6) is 0 Å². The van der Waals surface area contributed by atoms with Crippen molar-refractivity contribution >= 4 is 10.0 Å². The molecule has 0 radical (unpaired) electrons. The molecule has 0 bridgehead atoms. The van der Waals surface area contributed by atoms with E-state index in [1.54, 1.807) is 7.11 Å². The summed E-state index contributed by atoms with van der Waals surface area (Å²) in [7, 11) is -1.37. The highest BCUT2D eigenvalue weighted by Crippen LogP contribution is 1.97. The van der Waals surface area contributed by atoms with Gasteiger partial charge in [-0.2, -0.15) is 0 Å². The van der Waals surface area contributed by atoms with Gasteiger partial charge in [-0.05, 0) is 13.0 Å². The predicted octanol–water partition coefficient (Wildman–Crippen LogP) is -0.106. The van der Waals surface area contributed by atoms with Gasteiger partial charge in [0.25, 0.3) is 0 Å². The largest absolute Gasteiger partial charge is 0.383 e. The van der Waals surface area contributed by atoms with Crippen molar-refractivity contribution in [3.63, 3.8) is 0 Å². The van der Waals surface area contributed by atoms with E-state index >= 15 is 0 Å². The fourth-order valence-corrected chi connectivity index (χ4v) is 2.17. The van der Waals surface area contributed by atoms with Crippen LogP contribution >= 0.6 is 0 Å². The molecule has 0 aliphatic rings. The zero-order valence-corrected chi connectivity index (χ0v) is 10.6. The van der Waals surface area contributed by atoms with Gasteiger partial charge < -0.3 is 10.1 Å². The maximum Gasteiger partial charge on any atom is 0.211 e. The summed E-state index contributed by atoms with van der Waals surface area (Å²) in [5.41, 5.74) is 0. The van der Waals surface area contributed by atoms with Crippen LogP contribution in [0.15, 0.2) is 0 Å². The number of hydrogen-bond acceptors (Lipinski definition) is 4. The maximum atomic E-state index is 11.2. The van der Waals surface area contributed by atoms with Crippen LogP contribution in [0.3, 0.4) is 0 Å². The molecule has 0 aromatic carbocycles. The summed E-state index contributed by atoms with van der Waals surface area (Å²) in [5, 5.41) is 3.17. The lowest BCUT2D eigenvalue weighted by Gasteiger charge is -2.17. The van der Waals surface area contributed by atoms with E-state index in [-0.39, 0.29) is 0 Å². The van der Waals surface area contributed by atoms with E-state index in [9.17, 15) is 8.42 Å². The Balaban J connectivity index is 3.57. The Morgan fingerprint density at radius 3 is 2.47 bits per heavy atom. The number of ether oxygens (including phenoxy) is 1. The third kappa shape index (κ3) is 7.72. The first-order valence-electron chi connectivity index (χ1n) is 5.17. The first kappa shape index (κ1) is 14.8. The van der Waals surface area contributed by atoms with Gasteiger partial charge in [-0.15, -0.1) is 0 Å². The Bertz CT molecular complexity index is 242. The molecule has 5 nitrogen and oxygen atoms in total. The zero-order chi connectivity index (χ0) is 11.7. The Morgan fingerprint density at radius 2 is 2.00 bits per heavy atom. The molecule has 0 heterocycles. The van der Waals surface area contributed by atoms with E-state index in [2.05, 4.69) is 5.32 Å². The number of hydrogen-bond donors (Lipinski definition) is 1. The smallest absolute Gasteiger partial charge is 0.211 e. The number of nitrogens with zero attached hydrogens (tertiary/aromatic N) is 1. The fourth-order valence-electron chi connectivity index (χ4n) is 1.24. The molecule has 92 valence electrons. The Hall–Kier alpha value is -0.170. The number of nitrogens with one attached hydrogen (secondary N) is 1. The van der Waals surface area contributed by atoms with Crippen LogP contribution in [-0.4, -0.2) is 58.9 Å². The second-order valence-electron chi connectivity index (χ2n) is 3.35. The van der Waals surface area contributed by atoms with Gasteiger partial charge >= 0.3 is 0 Å². The third-order valence-corrected chi connectivity index (χ3v) is 3.44. The summed E-state index contributed by atoms with van der Waals surface area (Å²) in [6.45, 7) is 5.27. The second-order valence-corrected chi connectivity index (χ2v) is 5.33. The van der Waals surface area contributed by atoms with Crippen LogP contribution < -0.4 is 5.32 Å². The average Bonchev–Trinajstić information content (AvgIpc) is 2.15. The summed E-state index contributed by atoms with van der Waals surface area (Å²) in [5.74, 6) is 0. The molecule has 0 saturated carbocycles. The van der Waals surface area contributed by atoms with Crippen molar-refractivity contribution in [2.75, 3.05) is 46.2 Å². The molecule has 1 N–H and O–H groups in total. The summed E-state index contributed by atoms with van der Waals surface area (Å²) in [4.78, 5) is 0. The van der Waals surface area contributed by atoms with Gasteiger partial charge in [-0.1, -0.05) is 6.92 Å². The zero-order valence-electron chi connectivity index (χ0n) is 9.82. The number of rotatable bonds is 9. The minimum absolute atomic E-state index is 0.539. The van der Waals surface area contributed by atoms with Crippen molar-refractivity contribution in [3.05, 3.63) is 0 Å². The Labute approximate surface area is 92.8 Å². The molecule has 0 fully saturated rings. The highest BCUT2D eigenvalue weighted by Gasteiger charge is 2.12. The summed E-state index contributed by atoms with van der Waals surface area (Å²) < 4.78 is 28.8. The molecule has 0 aromatic rings. The normalized spacial score (nSPS) is 12.3. The molecule has 0 amide bonds. The van der Waals surface area contributed by atoms with E-state index in [0.717, 1.165) is 19.5 Å². The van der Waals surface area contributed by atoms with Gasteiger partial charge in [-0.25, -0.2) is 12.7 Å². The topological polar surface area (TPSA) is 58.6 Å². The lowest BCUT2D eigenvalue weighted by molar-refractivity contribution is 0.199. The van der Waals surface area contributed by atoms with E-state index in [1.165, 1.54) is 10.6 Å². The maximum absolute atomic E-state index is 11.2. The van der Waals surface area contributed by atoms with Gasteiger partial charge in [0.2, 0.25) is 10.0 Å². The highest BCUT2D eigenvalue weighted by atomic mass is 32.2. The van der Waals surface area contributed by atoms with Gasteiger partial charge in [0.05, 0.1) is 12.9 Å². The van der Waals surface area contributed by atoms with Crippen molar-refractivity contribution < 1.29 is 13.2 Å². The molecule has 0 saturated heterocycles. The lowest BCUT2D eigenvalue weighted by Crippen LogP contribution is -2.32. The van der Waals surface area contributed by atoms with Crippen LogP contribution in [0.1, 0.15) is 13.3 Å². The first-order chi connectivity index (χ1) is 7.02. The third-order valence-electron chi connectivity index (χ3n) is 2.07. The minimum atomic E-state index is -3.03. The van der Waals surface area contributed by atoms with Crippen LogP contribution in [0.25, 0.3) is 0 Å². The molecule has 0 aromatic heterocycles. The molecule has 0 rings (SSSR count). The second kappa shape index (κ2) is 8.04. The molecule has 6 heteroatoms. The summed E-state index contributed by atoms with van der Waals surface area (Å²) >= 11 is 0. The van der Waals surface area contributed by atoms with E-state index < -0.39 is 10.0 Å². The molecule has 0 aliphatic carbocycles. The number of methoxy groups -OCH3 is 1. The van der Waals surface area contributed by atoms with Gasteiger partial charge in [0.15, 0.2) is 0 Å². The van der Waals surface area contributed by atoms with Gasteiger partial charge in [-0.3, -0.25) is 0 Å². The van der Waals surface area contributed by atoms with Gasteiger partial charge in [0.1, 0.15) is 0 Å². The molecule has 15 heavy (non-hydrogen) atoms. The van der Waals surface area contributed by atoms with Crippen molar-refractivity contribution in [1.29, 1.82) is 0 Å². The predicted molar refractivity (Wildman–Crippen MR) is 61.5 cm³/mol.